The van der Waals surface area contributed by atoms with Gasteiger partial charge in [0, 0.05) is 14.8 Å². The molecule has 0 aliphatic heterocycles. The molecule has 6 nitrogen and oxygen atoms in total. The van der Waals surface area contributed by atoms with Crippen LogP contribution < -0.4 is 11.3 Å². The first-order chi connectivity index (χ1) is 11.5. The predicted octanol–water partition coefficient (Wildman–Crippen LogP) is 1.15. The van der Waals surface area contributed by atoms with Gasteiger partial charge in [-0.25, -0.2) is 4.98 Å². The zero-order valence-corrected chi connectivity index (χ0v) is 11.3. The van der Waals surface area contributed by atoms with Crippen LogP contribution in [0, 0.1) is 6.92 Å². The third kappa shape index (κ3) is 2.12. The Bertz CT molecular complexity index is 1000. The number of nitrogen functional groups attached to an aromatic ring is 1. The SMILES string of the molecule is [2H]c1cc(N)c2c(=O)n(C3([2H])CC([2H])([2H])C(=O)CC3=O)c(C)nc2c1. The minimum atomic E-state index is -2.40. The van der Waals surface area contributed by atoms with E-state index in [1.165, 1.54) is 19.1 Å². The van der Waals surface area contributed by atoms with E-state index in [0.717, 1.165) is 4.57 Å². The van der Waals surface area contributed by atoms with Crippen LogP contribution in [0.2, 0.25) is 0 Å². The largest absolute Gasteiger partial charge is 0.398 e. The molecule has 1 aromatic heterocycles. The van der Waals surface area contributed by atoms with Crippen molar-refractivity contribution < 1.29 is 15.1 Å². The smallest absolute Gasteiger partial charge is 0.264 e. The van der Waals surface area contributed by atoms with Crippen LogP contribution in [-0.2, 0) is 9.59 Å². The second-order valence-corrected chi connectivity index (χ2v) is 4.79. The molecule has 0 bridgehead atoms. The fraction of sp³-hybridized carbons (Fsp3) is 0.333. The van der Waals surface area contributed by atoms with Crippen LogP contribution >= 0.6 is 0 Å². The molecule has 2 aromatic rings. The molecule has 6 heteroatoms. The van der Waals surface area contributed by atoms with Gasteiger partial charge in [0.1, 0.15) is 11.6 Å². The van der Waals surface area contributed by atoms with E-state index in [2.05, 4.69) is 4.98 Å². The predicted molar refractivity (Wildman–Crippen MR) is 78.1 cm³/mol. The summed E-state index contributed by atoms with van der Waals surface area (Å²) in [5.74, 6) is -1.76. The molecule has 0 spiro atoms. The molecule has 0 saturated heterocycles. The topological polar surface area (TPSA) is 95.0 Å². The van der Waals surface area contributed by atoms with Gasteiger partial charge >= 0.3 is 0 Å². The average molecular weight is 289 g/mol. The number of nitrogens with zero attached hydrogens (tertiary/aromatic N) is 2. The lowest BCUT2D eigenvalue weighted by molar-refractivity contribution is -0.132. The second kappa shape index (κ2) is 4.80. The molecule has 1 aliphatic carbocycles. The molecule has 3 rings (SSSR count). The molecule has 1 saturated carbocycles. The minimum absolute atomic E-state index is 0.0102. The summed E-state index contributed by atoms with van der Waals surface area (Å²) >= 11 is 0. The Kier molecular flexibility index (Phi) is 2.16. The molecular formula is C15H15N3O3. The van der Waals surface area contributed by atoms with Gasteiger partial charge in [-0.05, 0) is 25.5 Å². The number of ketones is 2. The molecule has 0 amide bonds. The number of carbonyl (C=O) groups excluding carboxylic acids is 2. The van der Waals surface area contributed by atoms with Crippen LogP contribution in [0.3, 0.4) is 0 Å². The molecule has 1 aliphatic rings. The number of fused-ring (bicyclic) bond motifs is 1. The number of carbonyl (C=O) groups is 2. The lowest BCUT2D eigenvalue weighted by Crippen LogP contribution is -2.36. The monoisotopic (exact) mass is 289 g/mol. The second-order valence-electron chi connectivity index (χ2n) is 4.79. The number of Topliss-reactive ketones (excluding diaryl/α,β-unsaturated/α-hetero) is 2. The molecule has 1 heterocycles. The Hall–Kier alpha value is -2.50. The van der Waals surface area contributed by atoms with Gasteiger partial charge in [-0.1, -0.05) is 6.04 Å². The Labute approximate surface area is 126 Å². The Morgan fingerprint density at radius 1 is 1.48 bits per heavy atom. The molecule has 0 radical (unpaired) electrons. The first-order valence-electron chi connectivity index (χ1n) is 8.34. The van der Waals surface area contributed by atoms with Gasteiger partial charge in [0.2, 0.25) is 0 Å². The molecule has 108 valence electrons. The quantitative estimate of drug-likeness (QED) is 0.627. The van der Waals surface area contributed by atoms with Crippen molar-refractivity contribution in [2.75, 3.05) is 5.73 Å². The van der Waals surface area contributed by atoms with Crippen molar-refractivity contribution in [2.45, 2.75) is 32.2 Å². The first-order valence-corrected chi connectivity index (χ1v) is 6.34. The Morgan fingerprint density at radius 3 is 3.00 bits per heavy atom. The third-order valence-corrected chi connectivity index (χ3v) is 3.39. The van der Waals surface area contributed by atoms with Crippen LogP contribution in [0.5, 0.6) is 0 Å². The number of benzene rings is 1. The molecule has 21 heavy (non-hydrogen) atoms. The fourth-order valence-corrected chi connectivity index (χ4v) is 2.42. The van der Waals surface area contributed by atoms with Crippen LogP contribution in [0.4, 0.5) is 5.69 Å². The van der Waals surface area contributed by atoms with Crippen LogP contribution in [0.15, 0.2) is 23.0 Å². The normalized spacial score (nSPS) is 27.9. The zero-order chi connectivity index (χ0) is 18.7. The van der Waals surface area contributed by atoms with Crippen LogP contribution in [0.1, 0.15) is 36.5 Å². The molecule has 2 N–H and O–H groups in total. The van der Waals surface area contributed by atoms with Gasteiger partial charge in [0.05, 0.1) is 26.1 Å². The average Bonchev–Trinajstić information content (AvgIpc) is 2.43. The summed E-state index contributed by atoms with van der Waals surface area (Å²) in [6, 6.07) is 0.372. The highest BCUT2D eigenvalue weighted by Crippen LogP contribution is 2.24. The van der Waals surface area contributed by atoms with Crippen molar-refractivity contribution >= 4 is 28.2 Å². The summed E-state index contributed by atoms with van der Waals surface area (Å²) in [6.45, 7) is 1.41. The highest BCUT2D eigenvalue weighted by Gasteiger charge is 2.30. The van der Waals surface area contributed by atoms with Gasteiger partial charge in [0.15, 0.2) is 5.78 Å². The summed E-state index contributed by atoms with van der Waals surface area (Å²) in [7, 11) is 0. The Morgan fingerprint density at radius 2 is 2.24 bits per heavy atom. The van der Waals surface area contributed by atoms with Gasteiger partial charge in [-0.2, -0.15) is 0 Å². The van der Waals surface area contributed by atoms with Crippen molar-refractivity contribution in [3.8, 4) is 0 Å². The number of anilines is 1. The summed E-state index contributed by atoms with van der Waals surface area (Å²) in [6.07, 6.45) is -3.93. The van der Waals surface area contributed by atoms with Crippen molar-refractivity contribution in [3.05, 3.63) is 34.4 Å². The van der Waals surface area contributed by atoms with E-state index < -0.39 is 42.4 Å². The lowest BCUT2D eigenvalue weighted by Gasteiger charge is -2.24. The number of hydrogen-bond donors (Lipinski definition) is 1. The van der Waals surface area contributed by atoms with E-state index in [-0.39, 0.29) is 28.5 Å². The first kappa shape index (κ1) is 9.44. The lowest BCUT2D eigenvalue weighted by atomic mass is 9.92. The van der Waals surface area contributed by atoms with Crippen molar-refractivity contribution in [3.63, 3.8) is 0 Å². The maximum atomic E-state index is 12.9. The number of nitrogens with two attached hydrogens (primary N) is 1. The highest BCUT2D eigenvalue weighted by molar-refractivity contribution is 6.03. The fourth-order valence-electron chi connectivity index (χ4n) is 2.42. The summed E-state index contributed by atoms with van der Waals surface area (Å²) in [4.78, 5) is 41.2. The molecule has 1 fully saturated rings. The number of hydrogen-bond acceptors (Lipinski definition) is 5. The Balaban J connectivity index is 2.34. The summed E-state index contributed by atoms with van der Waals surface area (Å²) in [5.41, 5.74) is 5.19. The maximum Gasteiger partial charge on any atom is 0.264 e. The van der Waals surface area contributed by atoms with E-state index in [0.29, 0.717) is 0 Å². The molecule has 1 unspecified atom stereocenters. The summed E-state index contributed by atoms with van der Waals surface area (Å²) < 4.78 is 32.4. The van der Waals surface area contributed by atoms with Crippen LogP contribution in [-0.4, -0.2) is 21.1 Å². The van der Waals surface area contributed by atoms with Gasteiger partial charge < -0.3 is 5.73 Å². The zero-order valence-electron chi connectivity index (χ0n) is 15.3. The summed E-state index contributed by atoms with van der Waals surface area (Å²) in [5, 5.41) is -0.0431. The number of rotatable bonds is 1. The van der Waals surface area contributed by atoms with E-state index in [1.807, 2.05) is 0 Å². The maximum absolute atomic E-state index is 12.9. The van der Waals surface area contributed by atoms with E-state index >= 15 is 0 Å². The molecular weight excluding hydrogens is 270 g/mol. The molecule has 1 atom stereocenters. The molecule has 1 aromatic carbocycles. The highest BCUT2D eigenvalue weighted by atomic mass is 16.2. The number of aromatic nitrogens is 2. The van der Waals surface area contributed by atoms with Gasteiger partial charge in [-0.15, -0.1) is 0 Å². The van der Waals surface area contributed by atoms with Crippen molar-refractivity contribution in [2.24, 2.45) is 0 Å². The van der Waals surface area contributed by atoms with E-state index in [1.54, 1.807) is 0 Å². The van der Waals surface area contributed by atoms with Crippen molar-refractivity contribution in [1.82, 2.24) is 9.55 Å². The number of aryl methyl sites for hydroxylation is 1. The van der Waals surface area contributed by atoms with E-state index in [9.17, 15) is 14.4 Å². The third-order valence-electron chi connectivity index (χ3n) is 3.39. The standard InChI is InChI=1S/C15H15N3O3/c1-8-17-11-4-2-3-10(16)14(11)15(21)18(8)12-6-5-9(19)7-13(12)20/h2-4,12H,5-7,16H2,1H3/i2D,5D2,12D. The minimum Gasteiger partial charge on any atom is -0.398 e. The van der Waals surface area contributed by atoms with E-state index in [4.69, 9.17) is 11.2 Å². The van der Waals surface area contributed by atoms with Gasteiger partial charge in [0.25, 0.3) is 5.56 Å². The van der Waals surface area contributed by atoms with Gasteiger partial charge in [-0.3, -0.25) is 19.0 Å². The van der Waals surface area contributed by atoms with Crippen LogP contribution in [0.25, 0.3) is 10.9 Å². The van der Waals surface area contributed by atoms with Crippen molar-refractivity contribution in [1.29, 1.82) is 0 Å².